The molecule has 1 fully saturated rings. The number of amides is 1. The molecule has 0 saturated carbocycles. The number of carbonyl (C=O) groups excluding carboxylic acids is 1. The first kappa shape index (κ1) is 18.2. The van der Waals surface area contributed by atoms with Gasteiger partial charge in [0.15, 0.2) is 0 Å². The van der Waals surface area contributed by atoms with Crippen molar-refractivity contribution in [3.05, 3.63) is 0 Å². The second kappa shape index (κ2) is 8.59. The summed E-state index contributed by atoms with van der Waals surface area (Å²) in [6.07, 6.45) is 3.11. The van der Waals surface area contributed by atoms with E-state index in [2.05, 4.69) is 12.2 Å². The topological polar surface area (TPSA) is 50.8 Å². The van der Waals surface area contributed by atoms with Crippen molar-refractivity contribution in [2.24, 2.45) is 5.92 Å². The maximum atomic E-state index is 12.3. The lowest BCUT2D eigenvalue weighted by Gasteiger charge is -2.37. The Labute approximate surface area is 129 Å². The van der Waals surface area contributed by atoms with E-state index < -0.39 is 5.60 Å². The van der Waals surface area contributed by atoms with Crippen molar-refractivity contribution in [2.75, 3.05) is 33.4 Å². The van der Waals surface area contributed by atoms with Crippen LogP contribution in [0, 0.1) is 5.92 Å². The summed E-state index contributed by atoms with van der Waals surface area (Å²) in [7, 11) is 1.72. The maximum absolute atomic E-state index is 12.3. The molecule has 0 aromatic rings. The van der Waals surface area contributed by atoms with Crippen molar-refractivity contribution in [1.29, 1.82) is 0 Å². The first-order valence-electron chi connectivity index (χ1n) is 8.02. The van der Waals surface area contributed by atoms with Gasteiger partial charge in [-0.1, -0.05) is 6.92 Å². The van der Waals surface area contributed by atoms with Crippen molar-refractivity contribution in [3.63, 3.8) is 0 Å². The molecule has 5 heteroatoms. The van der Waals surface area contributed by atoms with Gasteiger partial charge >= 0.3 is 6.09 Å². The predicted molar refractivity (Wildman–Crippen MR) is 84.5 cm³/mol. The molecule has 0 bridgehead atoms. The molecule has 1 heterocycles. The number of piperidine rings is 1. The number of nitrogens with one attached hydrogen (secondary N) is 1. The SMILES string of the molecule is COCC(C)CNCC1CCCCN1C(=O)OC(C)(C)C. The zero-order valence-corrected chi connectivity index (χ0v) is 14.3. The van der Waals surface area contributed by atoms with E-state index in [1.165, 1.54) is 6.42 Å². The van der Waals surface area contributed by atoms with Gasteiger partial charge in [0.1, 0.15) is 5.60 Å². The lowest BCUT2D eigenvalue weighted by atomic mass is 10.0. The maximum Gasteiger partial charge on any atom is 0.410 e. The summed E-state index contributed by atoms with van der Waals surface area (Å²) in [6.45, 7) is 11.2. The van der Waals surface area contributed by atoms with Gasteiger partial charge in [0.2, 0.25) is 0 Å². The van der Waals surface area contributed by atoms with Crippen LogP contribution in [0.3, 0.4) is 0 Å². The van der Waals surface area contributed by atoms with Crippen molar-refractivity contribution in [2.45, 2.75) is 58.6 Å². The van der Waals surface area contributed by atoms with Crippen LogP contribution in [-0.4, -0.2) is 56.0 Å². The van der Waals surface area contributed by atoms with E-state index in [0.29, 0.717) is 5.92 Å². The normalized spacial score (nSPS) is 21.2. The highest BCUT2D eigenvalue weighted by atomic mass is 16.6. The number of hydrogen-bond acceptors (Lipinski definition) is 4. The lowest BCUT2D eigenvalue weighted by molar-refractivity contribution is 0.00980. The third-order valence-corrected chi connectivity index (χ3v) is 3.58. The van der Waals surface area contributed by atoms with Gasteiger partial charge < -0.3 is 19.7 Å². The van der Waals surface area contributed by atoms with E-state index in [-0.39, 0.29) is 12.1 Å². The molecule has 1 saturated heterocycles. The summed E-state index contributed by atoms with van der Waals surface area (Å²) in [5.41, 5.74) is -0.431. The third kappa shape index (κ3) is 7.14. The van der Waals surface area contributed by atoms with E-state index in [9.17, 15) is 4.79 Å². The van der Waals surface area contributed by atoms with E-state index in [1.54, 1.807) is 7.11 Å². The Hall–Kier alpha value is -0.810. The van der Waals surface area contributed by atoms with Gasteiger partial charge in [0.25, 0.3) is 0 Å². The Morgan fingerprint density at radius 1 is 1.38 bits per heavy atom. The highest BCUT2D eigenvalue weighted by Crippen LogP contribution is 2.20. The van der Waals surface area contributed by atoms with Crippen molar-refractivity contribution in [1.82, 2.24) is 10.2 Å². The first-order chi connectivity index (χ1) is 9.83. The summed E-state index contributed by atoms with van der Waals surface area (Å²) in [5.74, 6) is 0.480. The van der Waals surface area contributed by atoms with E-state index >= 15 is 0 Å². The molecular formula is C16H32N2O3. The number of methoxy groups -OCH3 is 1. The summed E-state index contributed by atoms with van der Waals surface area (Å²) >= 11 is 0. The minimum atomic E-state index is -0.431. The Balaban J connectivity index is 2.44. The molecule has 2 unspecified atom stereocenters. The van der Waals surface area contributed by atoms with Gasteiger partial charge in [-0.25, -0.2) is 4.79 Å². The van der Waals surface area contributed by atoms with Crippen LogP contribution in [0.2, 0.25) is 0 Å². The standard InChI is InChI=1S/C16H32N2O3/c1-13(12-20-5)10-17-11-14-8-6-7-9-18(14)15(19)21-16(2,3)4/h13-14,17H,6-12H2,1-5H3. The Morgan fingerprint density at radius 2 is 2.10 bits per heavy atom. The number of hydrogen-bond donors (Lipinski definition) is 1. The van der Waals surface area contributed by atoms with Crippen LogP contribution in [0.4, 0.5) is 4.79 Å². The second-order valence-corrected chi connectivity index (χ2v) is 7.04. The average molecular weight is 300 g/mol. The summed E-state index contributed by atoms with van der Waals surface area (Å²) in [5, 5.41) is 3.46. The van der Waals surface area contributed by atoms with Gasteiger partial charge in [-0.2, -0.15) is 0 Å². The molecule has 0 spiro atoms. The molecule has 0 aromatic carbocycles. The van der Waals surface area contributed by atoms with Crippen LogP contribution in [-0.2, 0) is 9.47 Å². The molecule has 1 N–H and O–H groups in total. The van der Waals surface area contributed by atoms with Crippen molar-refractivity contribution >= 4 is 6.09 Å². The minimum absolute atomic E-state index is 0.182. The Bertz CT molecular complexity index is 315. The molecule has 1 rings (SSSR count). The van der Waals surface area contributed by atoms with E-state index in [0.717, 1.165) is 39.1 Å². The number of ether oxygens (including phenoxy) is 2. The van der Waals surface area contributed by atoms with Crippen molar-refractivity contribution < 1.29 is 14.3 Å². The van der Waals surface area contributed by atoms with Crippen molar-refractivity contribution in [3.8, 4) is 0 Å². The first-order valence-corrected chi connectivity index (χ1v) is 8.02. The summed E-state index contributed by atoms with van der Waals surface area (Å²) < 4.78 is 10.6. The summed E-state index contributed by atoms with van der Waals surface area (Å²) in [4.78, 5) is 14.2. The smallest absolute Gasteiger partial charge is 0.410 e. The van der Waals surface area contributed by atoms with Crippen LogP contribution in [0.5, 0.6) is 0 Å². The average Bonchev–Trinajstić information content (AvgIpc) is 2.37. The number of rotatable bonds is 6. The molecule has 124 valence electrons. The largest absolute Gasteiger partial charge is 0.444 e. The quantitative estimate of drug-likeness (QED) is 0.819. The highest BCUT2D eigenvalue weighted by Gasteiger charge is 2.30. The minimum Gasteiger partial charge on any atom is -0.444 e. The van der Waals surface area contributed by atoms with E-state index in [1.807, 2.05) is 25.7 Å². The molecule has 0 aliphatic carbocycles. The number of carbonyl (C=O) groups is 1. The molecular weight excluding hydrogens is 268 g/mol. The second-order valence-electron chi connectivity index (χ2n) is 7.04. The molecule has 0 aromatic heterocycles. The predicted octanol–water partition coefficient (Wildman–Crippen LogP) is 2.65. The summed E-state index contributed by atoms with van der Waals surface area (Å²) in [6, 6.07) is 0.239. The van der Waals surface area contributed by atoms with Crippen LogP contribution in [0.25, 0.3) is 0 Å². The Kier molecular flexibility index (Phi) is 7.46. The van der Waals surface area contributed by atoms with Gasteiger partial charge in [0.05, 0.1) is 0 Å². The monoisotopic (exact) mass is 300 g/mol. The lowest BCUT2D eigenvalue weighted by Crippen LogP contribution is -2.50. The Morgan fingerprint density at radius 3 is 2.71 bits per heavy atom. The van der Waals surface area contributed by atoms with Gasteiger partial charge in [-0.05, 0) is 52.5 Å². The van der Waals surface area contributed by atoms with Gasteiger partial charge in [0, 0.05) is 32.8 Å². The van der Waals surface area contributed by atoms with Crippen LogP contribution >= 0.6 is 0 Å². The third-order valence-electron chi connectivity index (χ3n) is 3.58. The number of likely N-dealkylation sites (tertiary alicyclic amines) is 1. The van der Waals surface area contributed by atoms with Crippen LogP contribution in [0.15, 0.2) is 0 Å². The van der Waals surface area contributed by atoms with Gasteiger partial charge in [-0.3, -0.25) is 0 Å². The fourth-order valence-electron chi connectivity index (χ4n) is 2.61. The highest BCUT2D eigenvalue weighted by molar-refractivity contribution is 5.68. The molecule has 1 aliphatic heterocycles. The van der Waals surface area contributed by atoms with E-state index in [4.69, 9.17) is 9.47 Å². The zero-order chi connectivity index (χ0) is 15.9. The fourth-order valence-corrected chi connectivity index (χ4v) is 2.61. The molecule has 0 radical (unpaired) electrons. The molecule has 2 atom stereocenters. The molecule has 21 heavy (non-hydrogen) atoms. The molecule has 1 amide bonds. The molecule has 1 aliphatic rings. The van der Waals surface area contributed by atoms with Crippen LogP contribution in [0.1, 0.15) is 47.0 Å². The van der Waals surface area contributed by atoms with Gasteiger partial charge in [-0.15, -0.1) is 0 Å². The zero-order valence-electron chi connectivity index (χ0n) is 14.3. The number of nitrogens with zero attached hydrogens (tertiary/aromatic N) is 1. The fraction of sp³-hybridized carbons (Fsp3) is 0.938. The van der Waals surface area contributed by atoms with Crippen LogP contribution < -0.4 is 5.32 Å². The molecule has 5 nitrogen and oxygen atoms in total.